The van der Waals surface area contributed by atoms with Crippen LogP contribution in [0.25, 0.3) is 0 Å². The van der Waals surface area contributed by atoms with Crippen molar-refractivity contribution < 1.29 is 0 Å². The summed E-state index contributed by atoms with van der Waals surface area (Å²) < 4.78 is 0. The van der Waals surface area contributed by atoms with Crippen LogP contribution >= 0.6 is 0 Å². The Bertz CT molecular complexity index is 126. The van der Waals surface area contributed by atoms with Gasteiger partial charge < -0.3 is 5.73 Å². The van der Waals surface area contributed by atoms with Crippen molar-refractivity contribution in [1.82, 2.24) is 0 Å². The Balaban J connectivity index is 3.60. The second-order valence-electron chi connectivity index (χ2n) is 3.40. The summed E-state index contributed by atoms with van der Waals surface area (Å²) in [6, 6.07) is 0. The van der Waals surface area contributed by atoms with Crippen LogP contribution in [0.2, 0.25) is 0 Å². The predicted molar refractivity (Wildman–Crippen MR) is 55.5 cm³/mol. The van der Waals surface area contributed by atoms with Crippen LogP contribution in [0.15, 0.2) is 4.99 Å². The highest BCUT2D eigenvalue weighted by atomic mass is 14.8. The van der Waals surface area contributed by atoms with Gasteiger partial charge in [-0.15, -0.1) is 0 Å². The number of nitrogens with zero attached hydrogens (tertiary/aromatic N) is 1. The van der Waals surface area contributed by atoms with Gasteiger partial charge in [-0.3, -0.25) is 4.99 Å². The van der Waals surface area contributed by atoms with Crippen LogP contribution in [0.4, 0.5) is 0 Å². The molecule has 12 heavy (non-hydrogen) atoms. The van der Waals surface area contributed by atoms with Gasteiger partial charge in [0, 0.05) is 6.54 Å². The molecule has 1 unspecified atom stereocenters. The molecule has 0 fully saturated rings. The van der Waals surface area contributed by atoms with Gasteiger partial charge in [0.1, 0.15) is 0 Å². The van der Waals surface area contributed by atoms with Gasteiger partial charge in [0.05, 0.1) is 5.84 Å². The van der Waals surface area contributed by atoms with Crippen LogP contribution in [0, 0.1) is 5.92 Å². The molecule has 0 radical (unpaired) electrons. The first-order chi connectivity index (χ1) is 5.70. The maximum atomic E-state index is 5.47. The zero-order chi connectivity index (χ0) is 9.40. The summed E-state index contributed by atoms with van der Waals surface area (Å²) in [5.74, 6) is 1.45. The fraction of sp³-hybridized carbons (Fsp3) is 0.900. The normalized spacial score (nSPS) is 14.8. The number of unbranched alkanes of at least 4 members (excludes halogenated alkanes) is 1. The van der Waals surface area contributed by atoms with E-state index in [2.05, 4.69) is 18.8 Å². The van der Waals surface area contributed by atoms with Gasteiger partial charge >= 0.3 is 0 Å². The average Bonchev–Trinajstić information content (AvgIpc) is 2.05. The minimum Gasteiger partial charge on any atom is -0.388 e. The number of amidine groups is 1. The van der Waals surface area contributed by atoms with Crippen LogP contribution in [0.1, 0.15) is 46.5 Å². The average molecular weight is 170 g/mol. The molecule has 0 spiro atoms. The topological polar surface area (TPSA) is 38.4 Å². The lowest BCUT2D eigenvalue weighted by Crippen LogP contribution is -2.10. The summed E-state index contributed by atoms with van der Waals surface area (Å²) in [6.07, 6.45) is 5.11. The lowest BCUT2D eigenvalue weighted by atomic mass is 10.00. The minimum atomic E-state index is 0.713. The molecule has 1 atom stereocenters. The maximum absolute atomic E-state index is 5.47. The smallest absolute Gasteiger partial charge is 0.0905 e. The molecule has 2 nitrogen and oxygen atoms in total. The van der Waals surface area contributed by atoms with Gasteiger partial charge in [0.25, 0.3) is 0 Å². The van der Waals surface area contributed by atoms with E-state index < -0.39 is 0 Å². The highest BCUT2D eigenvalue weighted by Gasteiger charge is 2.03. The van der Waals surface area contributed by atoms with E-state index in [9.17, 15) is 0 Å². The van der Waals surface area contributed by atoms with E-state index in [0.29, 0.717) is 5.84 Å². The highest BCUT2D eigenvalue weighted by molar-refractivity contribution is 5.77. The van der Waals surface area contributed by atoms with Crippen LogP contribution in [-0.2, 0) is 0 Å². The summed E-state index contributed by atoms with van der Waals surface area (Å²) in [7, 11) is 0. The van der Waals surface area contributed by atoms with Crippen molar-refractivity contribution >= 4 is 5.84 Å². The fourth-order valence-corrected chi connectivity index (χ4v) is 1.19. The molecule has 72 valence electrons. The molecule has 0 saturated heterocycles. The summed E-state index contributed by atoms with van der Waals surface area (Å²) in [5, 5.41) is 0. The van der Waals surface area contributed by atoms with E-state index in [1.807, 2.05) is 6.92 Å². The Morgan fingerprint density at radius 2 is 2.08 bits per heavy atom. The Morgan fingerprint density at radius 3 is 2.50 bits per heavy atom. The van der Waals surface area contributed by atoms with Crippen molar-refractivity contribution in [3.05, 3.63) is 0 Å². The first kappa shape index (κ1) is 11.5. The number of hydrogen-bond donors (Lipinski definition) is 1. The molecule has 0 rings (SSSR count). The Morgan fingerprint density at radius 1 is 1.42 bits per heavy atom. The van der Waals surface area contributed by atoms with E-state index in [4.69, 9.17) is 5.73 Å². The minimum absolute atomic E-state index is 0.713. The first-order valence-corrected chi connectivity index (χ1v) is 4.97. The molecular weight excluding hydrogens is 148 g/mol. The Hall–Kier alpha value is -0.530. The van der Waals surface area contributed by atoms with Gasteiger partial charge in [-0.2, -0.15) is 0 Å². The molecule has 0 heterocycles. The third-order valence-corrected chi connectivity index (χ3v) is 2.14. The Labute approximate surface area is 76.3 Å². The van der Waals surface area contributed by atoms with Gasteiger partial charge in [-0.1, -0.05) is 33.1 Å². The number of hydrogen-bond acceptors (Lipinski definition) is 1. The van der Waals surface area contributed by atoms with E-state index >= 15 is 0 Å². The Kier molecular flexibility index (Phi) is 6.82. The SMILES string of the molecule is CCCCC(CC)CN=C(C)N. The van der Waals surface area contributed by atoms with Crippen molar-refractivity contribution in [3.8, 4) is 0 Å². The lowest BCUT2D eigenvalue weighted by molar-refractivity contribution is 0.462. The van der Waals surface area contributed by atoms with Crippen molar-refractivity contribution in [2.24, 2.45) is 16.6 Å². The molecule has 0 aromatic carbocycles. The fourth-order valence-electron chi connectivity index (χ4n) is 1.19. The summed E-state index contributed by atoms with van der Waals surface area (Å²) in [6.45, 7) is 7.22. The summed E-state index contributed by atoms with van der Waals surface area (Å²) in [5.41, 5.74) is 5.47. The zero-order valence-electron chi connectivity index (χ0n) is 8.64. The third-order valence-electron chi connectivity index (χ3n) is 2.14. The molecule has 0 bridgehead atoms. The molecule has 2 heteroatoms. The van der Waals surface area contributed by atoms with Gasteiger partial charge in [0.2, 0.25) is 0 Å². The number of aliphatic imine (C=N–C) groups is 1. The van der Waals surface area contributed by atoms with Crippen LogP contribution < -0.4 is 5.73 Å². The molecule has 0 aliphatic rings. The van der Waals surface area contributed by atoms with Crippen molar-refractivity contribution in [2.45, 2.75) is 46.5 Å². The third kappa shape index (κ3) is 6.20. The molecule has 0 saturated carbocycles. The van der Waals surface area contributed by atoms with Crippen LogP contribution in [-0.4, -0.2) is 12.4 Å². The number of rotatable bonds is 6. The van der Waals surface area contributed by atoms with Crippen LogP contribution in [0.3, 0.4) is 0 Å². The molecule has 0 aromatic rings. The van der Waals surface area contributed by atoms with E-state index in [0.717, 1.165) is 12.5 Å². The number of nitrogens with two attached hydrogens (primary N) is 1. The predicted octanol–water partition coefficient (Wildman–Crippen LogP) is 2.58. The second-order valence-corrected chi connectivity index (χ2v) is 3.40. The molecule has 0 aliphatic heterocycles. The first-order valence-electron chi connectivity index (χ1n) is 4.97. The summed E-state index contributed by atoms with van der Waals surface area (Å²) in [4.78, 5) is 4.24. The van der Waals surface area contributed by atoms with Crippen LogP contribution in [0.5, 0.6) is 0 Å². The van der Waals surface area contributed by atoms with Gasteiger partial charge in [0.15, 0.2) is 0 Å². The summed E-state index contributed by atoms with van der Waals surface area (Å²) >= 11 is 0. The quantitative estimate of drug-likeness (QED) is 0.483. The van der Waals surface area contributed by atoms with Crippen molar-refractivity contribution in [3.63, 3.8) is 0 Å². The van der Waals surface area contributed by atoms with Gasteiger partial charge in [-0.25, -0.2) is 0 Å². The largest absolute Gasteiger partial charge is 0.388 e. The monoisotopic (exact) mass is 170 g/mol. The standard InChI is InChI=1S/C10H22N2/c1-4-6-7-10(5-2)8-12-9(3)11/h10H,4-8H2,1-3H3,(H2,11,12). The molecule has 0 amide bonds. The van der Waals surface area contributed by atoms with E-state index in [-0.39, 0.29) is 0 Å². The highest BCUT2D eigenvalue weighted by Crippen LogP contribution is 2.12. The van der Waals surface area contributed by atoms with E-state index in [1.54, 1.807) is 0 Å². The molecule has 0 aromatic heterocycles. The van der Waals surface area contributed by atoms with E-state index in [1.165, 1.54) is 25.7 Å². The van der Waals surface area contributed by atoms with Crippen molar-refractivity contribution in [1.29, 1.82) is 0 Å². The van der Waals surface area contributed by atoms with Gasteiger partial charge in [-0.05, 0) is 19.3 Å². The second kappa shape index (κ2) is 7.14. The maximum Gasteiger partial charge on any atom is 0.0905 e. The molecule has 2 N–H and O–H groups in total. The van der Waals surface area contributed by atoms with Crippen molar-refractivity contribution in [2.75, 3.05) is 6.54 Å². The zero-order valence-corrected chi connectivity index (χ0v) is 8.64. The molecule has 0 aliphatic carbocycles. The molecular formula is C10H22N2. The lowest BCUT2D eigenvalue weighted by Gasteiger charge is -2.10.